The van der Waals surface area contributed by atoms with E-state index in [1.165, 1.54) is 0 Å². The predicted molar refractivity (Wildman–Crippen MR) is 62.8 cm³/mol. The molecule has 0 bridgehead atoms. The number of sulfone groups is 1. The normalized spacial score (nSPS) is 10.9. The van der Waals surface area contributed by atoms with Gasteiger partial charge in [0.15, 0.2) is 9.84 Å². The van der Waals surface area contributed by atoms with Gasteiger partial charge in [-0.15, -0.1) is 0 Å². The van der Waals surface area contributed by atoms with Gasteiger partial charge in [0.25, 0.3) is 0 Å². The van der Waals surface area contributed by atoms with Crippen molar-refractivity contribution in [2.45, 2.75) is 12.7 Å². The van der Waals surface area contributed by atoms with E-state index >= 15 is 0 Å². The topological polar surface area (TPSA) is 80.3 Å². The van der Waals surface area contributed by atoms with Crippen LogP contribution in [0.3, 0.4) is 0 Å². The Labute approximate surface area is 99.8 Å². The molecule has 17 heavy (non-hydrogen) atoms. The van der Waals surface area contributed by atoms with E-state index in [-0.39, 0.29) is 5.75 Å². The third-order valence-corrected chi connectivity index (χ3v) is 3.37. The molecule has 6 heteroatoms. The molecule has 0 spiro atoms. The molecule has 5 nitrogen and oxygen atoms in total. The van der Waals surface area contributed by atoms with Gasteiger partial charge in [0.05, 0.1) is 5.75 Å². The minimum atomic E-state index is -3.54. The van der Waals surface area contributed by atoms with Gasteiger partial charge in [-0.3, -0.25) is 14.9 Å². The largest absolute Gasteiger partial charge is 0.296 e. The van der Waals surface area contributed by atoms with Gasteiger partial charge < -0.3 is 0 Å². The van der Waals surface area contributed by atoms with Gasteiger partial charge in [0.1, 0.15) is 5.75 Å². The second kappa shape index (κ2) is 5.58. The van der Waals surface area contributed by atoms with E-state index in [0.29, 0.717) is 5.56 Å². The van der Waals surface area contributed by atoms with Gasteiger partial charge in [0, 0.05) is 6.92 Å². The van der Waals surface area contributed by atoms with Crippen molar-refractivity contribution >= 4 is 21.7 Å². The SMILES string of the molecule is CC(=O)NC(=O)CS(=O)(=O)Cc1ccccc1. The molecule has 92 valence electrons. The average Bonchev–Trinajstić information content (AvgIpc) is 2.15. The van der Waals surface area contributed by atoms with Gasteiger partial charge >= 0.3 is 0 Å². The lowest BCUT2D eigenvalue weighted by Crippen LogP contribution is -2.33. The summed E-state index contributed by atoms with van der Waals surface area (Å²) in [5, 5.41) is 1.93. The van der Waals surface area contributed by atoms with Crippen LogP contribution in [0.4, 0.5) is 0 Å². The minimum absolute atomic E-state index is 0.209. The number of imide groups is 1. The summed E-state index contributed by atoms with van der Waals surface area (Å²) < 4.78 is 23.2. The molecule has 1 aromatic carbocycles. The zero-order valence-corrected chi connectivity index (χ0v) is 10.2. The first-order valence-corrected chi connectivity index (χ1v) is 6.76. The maximum atomic E-state index is 11.6. The van der Waals surface area contributed by atoms with Gasteiger partial charge in [-0.1, -0.05) is 30.3 Å². The van der Waals surface area contributed by atoms with E-state index in [1.807, 2.05) is 5.32 Å². The number of rotatable bonds is 4. The Bertz CT molecular complexity index is 508. The van der Waals surface area contributed by atoms with Crippen molar-refractivity contribution in [3.63, 3.8) is 0 Å². The highest BCUT2D eigenvalue weighted by molar-refractivity contribution is 7.91. The first-order chi connectivity index (χ1) is 7.89. The van der Waals surface area contributed by atoms with Crippen molar-refractivity contribution < 1.29 is 18.0 Å². The number of carbonyl (C=O) groups is 2. The molecule has 0 radical (unpaired) electrons. The van der Waals surface area contributed by atoms with Crippen LogP contribution in [0.1, 0.15) is 12.5 Å². The molecule has 0 atom stereocenters. The summed E-state index contributed by atoms with van der Waals surface area (Å²) in [6.07, 6.45) is 0. The van der Waals surface area contributed by atoms with E-state index < -0.39 is 27.4 Å². The quantitative estimate of drug-likeness (QED) is 0.837. The van der Waals surface area contributed by atoms with Crippen LogP contribution in [-0.2, 0) is 25.2 Å². The Kier molecular flexibility index (Phi) is 4.39. The van der Waals surface area contributed by atoms with Crippen LogP contribution >= 0.6 is 0 Å². The molecule has 0 fully saturated rings. The Morgan fingerprint density at radius 1 is 1.18 bits per heavy atom. The number of carbonyl (C=O) groups excluding carboxylic acids is 2. The molecule has 0 aliphatic rings. The summed E-state index contributed by atoms with van der Waals surface area (Å²) in [6, 6.07) is 8.56. The fourth-order valence-electron chi connectivity index (χ4n) is 1.31. The van der Waals surface area contributed by atoms with Crippen LogP contribution in [0.5, 0.6) is 0 Å². The van der Waals surface area contributed by atoms with E-state index in [9.17, 15) is 18.0 Å². The van der Waals surface area contributed by atoms with Gasteiger partial charge in [-0.25, -0.2) is 8.42 Å². The third-order valence-electron chi connectivity index (χ3n) is 1.90. The fourth-order valence-corrected chi connectivity index (χ4v) is 2.59. The van der Waals surface area contributed by atoms with Crippen LogP contribution in [0.15, 0.2) is 30.3 Å². The van der Waals surface area contributed by atoms with E-state index in [0.717, 1.165) is 6.92 Å². The molecule has 0 aliphatic heterocycles. The maximum absolute atomic E-state index is 11.6. The van der Waals surface area contributed by atoms with Crippen molar-refractivity contribution in [1.29, 1.82) is 0 Å². The first-order valence-electron chi connectivity index (χ1n) is 4.94. The molecule has 1 rings (SSSR count). The van der Waals surface area contributed by atoms with E-state index in [1.54, 1.807) is 30.3 Å². The molecular weight excluding hydrogens is 242 g/mol. The number of hydrogen-bond donors (Lipinski definition) is 1. The third kappa shape index (κ3) is 5.26. The predicted octanol–water partition coefficient (Wildman–Crippen LogP) is 0.264. The summed E-state index contributed by atoms with van der Waals surface area (Å²) in [7, 11) is -3.54. The van der Waals surface area contributed by atoms with Gasteiger partial charge in [-0.05, 0) is 5.56 Å². The molecule has 0 heterocycles. The smallest absolute Gasteiger partial charge is 0.241 e. The summed E-state index contributed by atoms with van der Waals surface area (Å²) >= 11 is 0. The molecular formula is C11H13NO4S. The second-order valence-electron chi connectivity index (χ2n) is 3.62. The zero-order chi connectivity index (χ0) is 12.9. The molecule has 2 amide bonds. The van der Waals surface area contributed by atoms with Crippen LogP contribution in [0.2, 0.25) is 0 Å². The number of nitrogens with one attached hydrogen (secondary N) is 1. The summed E-state index contributed by atoms with van der Waals surface area (Å²) in [6.45, 7) is 1.15. The summed E-state index contributed by atoms with van der Waals surface area (Å²) in [5.74, 6) is -2.25. The highest BCUT2D eigenvalue weighted by Crippen LogP contribution is 2.05. The van der Waals surface area contributed by atoms with Gasteiger partial charge in [0.2, 0.25) is 11.8 Å². The number of hydrogen-bond acceptors (Lipinski definition) is 4. The summed E-state index contributed by atoms with van der Waals surface area (Å²) in [5.41, 5.74) is 0.614. The van der Waals surface area contributed by atoms with Crippen LogP contribution in [-0.4, -0.2) is 26.0 Å². The molecule has 1 aromatic rings. The van der Waals surface area contributed by atoms with Crippen LogP contribution < -0.4 is 5.32 Å². The lowest BCUT2D eigenvalue weighted by molar-refractivity contribution is -0.127. The standard InChI is InChI=1S/C11H13NO4S/c1-9(13)12-11(14)8-17(15,16)7-10-5-3-2-4-6-10/h2-6H,7-8H2,1H3,(H,12,13,14). The van der Waals surface area contributed by atoms with Gasteiger partial charge in [-0.2, -0.15) is 0 Å². The Morgan fingerprint density at radius 3 is 2.29 bits per heavy atom. The number of benzene rings is 1. The lowest BCUT2D eigenvalue weighted by Gasteiger charge is -2.04. The van der Waals surface area contributed by atoms with Crippen molar-refractivity contribution in [2.75, 3.05) is 5.75 Å². The molecule has 0 saturated heterocycles. The van der Waals surface area contributed by atoms with E-state index in [4.69, 9.17) is 0 Å². The molecule has 1 N–H and O–H groups in total. The monoisotopic (exact) mass is 255 g/mol. The minimum Gasteiger partial charge on any atom is -0.296 e. The van der Waals surface area contributed by atoms with Crippen molar-refractivity contribution in [3.8, 4) is 0 Å². The van der Waals surface area contributed by atoms with Crippen molar-refractivity contribution in [2.24, 2.45) is 0 Å². The Balaban J connectivity index is 2.64. The van der Waals surface area contributed by atoms with Crippen molar-refractivity contribution in [1.82, 2.24) is 5.32 Å². The Morgan fingerprint density at radius 2 is 1.76 bits per heavy atom. The fraction of sp³-hybridized carbons (Fsp3) is 0.273. The highest BCUT2D eigenvalue weighted by Gasteiger charge is 2.17. The molecule has 0 unspecified atom stereocenters. The summed E-state index contributed by atoms with van der Waals surface area (Å²) in [4.78, 5) is 21.7. The molecule has 0 aliphatic carbocycles. The number of amides is 2. The molecule has 0 saturated carbocycles. The van der Waals surface area contributed by atoms with Crippen LogP contribution in [0, 0.1) is 0 Å². The zero-order valence-electron chi connectivity index (χ0n) is 9.34. The Hall–Kier alpha value is -1.69. The average molecular weight is 255 g/mol. The van der Waals surface area contributed by atoms with Crippen molar-refractivity contribution in [3.05, 3.63) is 35.9 Å². The highest BCUT2D eigenvalue weighted by atomic mass is 32.2. The second-order valence-corrected chi connectivity index (χ2v) is 5.69. The van der Waals surface area contributed by atoms with Crippen LogP contribution in [0.25, 0.3) is 0 Å². The first kappa shape index (κ1) is 13.4. The lowest BCUT2D eigenvalue weighted by atomic mass is 10.2. The molecule has 0 aromatic heterocycles. The van der Waals surface area contributed by atoms with E-state index in [2.05, 4.69) is 0 Å². The maximum Gasteiger partial charge on any atom is 0.241 e.